The van der Waals surface area contributed by atoms with Crippen molar-refractivity contribution in [3.05, 3.63) is 70.2 Å². The number of thioether (sulfide) groups is 1. The Morgan fingerprint density at radius 3 is 2.20 bits per heavy atom. The van der Waals surface area contributed by atoms with Crippen LogP contribution in [0.1, 0.15) is 59.4 Å². The molecular formula is C32H45N3O6S4. The number of allylic oxidation sites excluding steroid dienone is 2. The minimum absolute atomic E-state index is 0.211. The molecule has 0 fully saturated rings. The van der Waals surface area contributed by atoms with Gasteiger partial charge in [0.2, 0.25) is 5.52 Å². The summed E-state index contributed by atoms with van der Waals surface area (Å²) in [6.45, 7) is 15.9. The van der Waals surface area contributed by atoms with Crippen molar-refractivity contribution >= 4 is 65.3 Å². The second kappa shape index (κ2) is 16.5. The molecule has 0 saturated heterocycles. The smallest absolute Gasteiger partial charge is 0.267 e. The summed E-state index contributed by atoms with van der Waals surface area (Å²) < 4.78 is 70.0. The van der Waals surface area contributed by atoms with E-state index in [2.05, 4.69) is 30.6 Å². The van der Waals surface area contributed by atoms with Crippen LogP contribution in [0.15, 0.2) is 70.1 Å². The van der Waals surface area contributed by atoms with Crippen molar-refractivity contribution < 1.29 is 30.5 Å². The van der Waals surface area contributed by atoms with Gasteiger partial charge in [-0.05, 0) is 76.7 Å². The summed E-state index contributed by atoms with van der Waals surface area (Å²) in [5, 5.41) is 0.0149. The standard InChI is InChI=1S/C26H30N2O6S4.C6H15N/c1-18(16-25-27(14-12-19(2)37(29,30)31)21-8-4-6-10-23(21)35-25)17-26-28(15-13-20(3)38(32,33)34)22-9-5-7-11-24(22)36-26;1-4-7(5-2)6-3/h4-11,16-17,19-20H,12-15H2,1-3H3,(H-,29,30,31,32,33,34);4-6H2,1-3H3. The van der Waals surface area contributed by atoms with Crippen LogP contribution >= 0.6 is 23.1 Å². The van der Waals surface area contributed by atoms with E-state index < -0.39 is 30.7 Å². The SMILES string of the molecule is CC(/C=C1\Sc2ccccc2N1CCC(C)S(=O)(=O)O)=C\c1sc2ccccc2[n+]1CCC(C)S(=O)(=O)[O-].CCN(CC)CC. The van der Waals surface area contributed by atoms with Crippen LogP contribution in [0.25, 0.3) is 16.3 Å². The Hall–Kier alpha value is -2.26. The fraction of sp³-hybridized carbons (Fsp3) is 0.469. The molecular weight excluding hydrogens is 651 g/mol. The zero-order valence-electron chi connectivity index (χ0n) is 26.8. The number of benzene rings is 2. The summed E-state index contributed by atoms with van der Waals surface area (Å²) in [7, 11) is -8.48. The van der Waals surface area contributed by atoms with Crippen LogP contribution in [0.4, 0.5) is 5.69 Å². The van der Waals surface area contributed by atoms with Crippen LogP contribution in [0.2, 0.25) is 0 Å². The molecule has 4 rings (SSSR count). The molecule has 0 saturated carbocycles. The summed E-state index contributed by atoms with van der Waals surface area (Å²) in [5.41, 5.74) is 2.92. The van der Waals surface area contributed by atoms with Gasteiger partial charge in [0, 0.05) is 30.0 Å². The van der Waals surface area contributed by atoms with Gasteiger partial charge in [0.25, 0.3) is 15.1 Å². The predicted octanol–water partition coefficient (Wildman–Crippen LogP) is 6.38. The van der Waals surface area contributed by atoms with E-state index in [1.54, 1.807) is 23.1 Å². The number of fused-ring (bicyclic) bond motifs is 2. The van der Waals surface area contributed by atoms with Gasteiger partial charge in [0.1, 0.15) is 4.70 Å². The Bertz CT molecular complexity index is 1710. The first-order valence-corrected chi connectivity index (χ1v) is 19.8. The number of nitrogens with zero attached hydrogens (tertiary/aromatic N) is 3. The Morgan fingerprint density at radius 2 is 1.60 bits per heavy atom. The normalized spacial score (nSPS) is 16.2. The topological polar surface area (TPSA) is 122 Å². The van der Waals surface area contributed by atoms with Crippen LogP contribution < -0.4 is 9.47 Å². The molecule has 2 atom stereocenters. The number of hydrogen-bond donors (Lipinski definition) is 1. The molecule has 0 amide bonds. The number of hydrogen-bond acceptors (Lipinski definition) is 9. The lowest BCUT2D eigenvalue weighted by atomic mass is 10.2. The van der Waals surface area contributed by atoms with E-state index in [-0.39, 0.29) is 12.8 Å². The van der Waals surface area contributed by atoms with Gasteiger partial charge in [-0.1, -0.05) is 68.1 Å². The molecule has 0 radical (unpaired) electrons. The maximum Gasteiger partial charge on any atom is 0.267 e. The third kappa shape index (κ3) is 10.4. The Labute approximate surface area is 277 Å². The molecule has 13 heteroatoms. The monoisotopic (exact) mass is 695 g/mol. The molecule has 1 N–H and O–H groups in total. The molecule has 0 aliphatic carbocycles. The van der Waals surface area contributed by atoms with E-state index in [1.807, 2.05) is 72.2 Å². The highest BCUT2D eigenvalue weighted by Gasteiger charge is 2.27. The van der Waals surface area contributed by atoms with Gasteiger partial charge in [-0.15, -0.1) is 0 Å². The predicted molar refractivity (Wildman–Crippen MR) is 186 cm³/mol. The van der Waals surface area contributed by atoms with Gasteiger partial charge < -0.3 is 14.4 Å². The van der Waals surface area contributed by atoms with E-state index in [4.69, 9.17) is 0 Å². The van der Waals surface area contributed by atoms with Gasteiger partial charge in [0.15, 0.2) is 6.54 Å². The highest BCUT2D eigenvalue weighted by Crippen LogP contribution is 2.46. The number of aryl methyl sites for hydroxylation is 1. The second-order valence-corrected chi connectivity index (χ2v) is 16.7. The van der Waals surface area contributed by atoms with Gasteiger partial charge in [-0.25, -0.2) is 8.42 Å². The maximum absolute atomic E-state index is 11.6. The molecule has 1 aromatic heterocycles. The summed E-state index contributed by atoms with van der Waals surface area (Å²) in [6.07, 6.45) is 4.56. The number of aromatic nitrogens is 1. The van der Waals surface area contributed by atoms with E-state index >= 15 is 0 Å². The molecule has 2 aromatic carbocycles. The van der Waals surface area contributed by atoms with Crippen LogP contribution in [0.3, 0.4) is 0 Å². The van der Waals surface area contributed by atoms with Gasteiger partial charge in [0.05, 0.1) is 31.3 Å². The molecule has 2 unspecified atom stereocenters. The van der Waals surface area contributed by atoms with Gasteiger partial charge in [-0.3, -0.25) is 4.55 Å². The minimum Gasteiger partial charge on any atom is -0.748 e. The lowest BCUT2D eigenvalue weighted by Gasteiger charge is -2.22. The lowest BCUT2D eigenvalue weighted by Crippen LogP contribution is -2.37. The molecule has 0 spiro atoms. The highest BCUT2D eigenvalue weighted by molar-refractivity contribution is 8.03. The summed E-state index contributed by atoms with van der Waals surface area (Å²) in [6, 6.07) is 15.8. The zero-order chi connectivity index (χ0) is 33.4. The fourth-order valence-corrected chi connectivity index (χ4v) is 8.00. The Kier molecular flexibility index (Phi) is 13.7. The summed E-state index contributed by atoms with van der Waals surface area (Å²) in [4.78, 5) is 5.51. The number of para-hydroxylation sites is 2. The first kappa shape index (κ1) is 37.2. The van der Waals surface area contributed by atoms with Crippen molar-refractivity contribution in [3.8, 4) is 0 Å². The van der Waals surface area contributed by atoms with Crippen molar-refractivity contribution in [2.45, 2.75) is 76.3 Å². The highest BCUT2D eigenvalue weighted by atomic mass is 32.2. The van der Waals surface area contributed by atoms with Crippen molar-refractivity contribution in [3.63, 3.8) is 0 Å². The quantitative estimate of drug-likeness (QED) is 0.160. The third-order valence-corrected chi connectivity index (χ3v) is 12.5. The lowest BCUT2D eigenvalue weighted by molar-refractivity contribution is -0.669. The molecule has 1 aliphatic rings. The largest absolute Gasteiger partial charge is 0.748 e. The Balaban J connectivity index is 0.000000707. The molecule has 2 heterocycles. The number of rotatable bonds is 13. The first-order valence-electron chi connectivity index (χ1n) is 15.2. The van der Waals surface area contributed by atoms with Gasteiger partial charge in [-0.2, -0.15) is 13.0 Å². The molecule has 9 nitrogen and oxygen atoms in total. The van der Waals surface area contributed by atoms with E-state index in [0.29, 0.717) is 13.1 Å². The van der Waals surface area contributed by atoms with E-state index in [9.17, 15) is 25.9 Å². The molecule has 248 valence electrons. The van der Waals surface area contributed by atoms with E-state index in [1.165, 1.54) is 33.5 Å². The molecule has 1 aliphatic heterocycles. The summed E-state index contributed by atoms with van der Waals surface area (Å²) >= 11 is 3.19. The minimum atomic E-state index is -4.36. The maximum atomic E-state index is 11.6. The molecule has 3 aromatic rings. The fourth-order valence-electron chi connectivity index (χ4n) is 4.80. The van der Waals surface area contributed by atoms with Crippen LogP contribution in [-0.4, -0.2) is 67.5 Å². The average Bonchev–Trinajstić information content (AvgIpc) is 3.51. The number of anilines is 1. The van der Waals surface area contributed by atoms with Crippen molar-refractivity contribution in [2.24, 2.45) is 0 Å². The van der Waals surface area contributed by atoms with Crippen LogP contribution in [0, 0.1) is 0 Å². The first-order chi connectivity index (χ1) is 21.2. The van der Waals surface area contributed by atoms with Crippen molar-refractivity contribution in [1.82, 2.24) is 4.90 Å². The van der Waals surface area contributed by atoms with Crippen molar-refractivity contribution in [2.75, 3.05) is 31.1 Å². The molecule has 0 bridgehead atoms. The van der Waals surface area contributed by atoms with Crippen LogP contribution in [-0.2, 0) is 26.8 Å². The Morgan fingerprint density at radius 1 is 0.978 bits per heavy atom. The van der Waals surface area contributed by atoms with Gasteiger partial charge >= 0.3 is 0 Å². The van der Waals surface area contributed by atoms with Crippen molar-refractivity contribution in [1.29, 1.82) is 0 Å². The third-order valence-electron chi connectivity index (χ3n) is 7.84. The zero-order valence-corrected chi connectivity index (χ0v) is 30.1. The van der Waals surface area contributed by atoms with Crippen LogP contribution in [0.5, 0.6) is 0 Å². The number of thiazole rings is 1. The average molecular weight is 696 g/mol. The summed E-state index contributed by atoms with van der Waals surface area (Å²) in [5.74, 6) is 0. The van der Waals surface area contributed by atoms with E-state index in [0.717, 1.165) is 36.4 Å². The molecule has 45 heavy (non-hydrogen) atoms. The second-order valence-electron chi connectivity index (χ2n) is 11.0.